The molecule has 0 saturated carbocycles. The summed E-state index contributed by atoms with van der Waals surface area (Å²) in [7, 11) is 0. The van der Waals surface area contributed by atoms with Crippen LogP contribution in [0.5, 0.6) is 0 Å². The summed E-state index contributed by atoms with van der Waals surface area (Å²) in [6.45, 7) is 4.94. The molecule has 1 saturated heterocycles. The summed E-state index contributed by atoms with van der Waals surface area (Å²) in [4.78, 5) is 27.2. The van der Waals surface area contributed by atoms with Crippen molar-refractivity contribution in [3.05, 3.63) is 59.4 Å². The molecule has 1 N–H and O–H groups in total. The van der Waals surface area contributed by atoms with Crippen LogP contribution in [-0.4, -0.2) is 45.6 Å². The van der Waals surface area contributed by atoms with Crippen molar-refractivity contribution in [1.29, 1.82) is 0 Å². The zero-order valence-electron chi connectivity index (χ0n) is 17.5. The second-order valence-corrected chi connectivity index (χ2v) is 8.45. The van der Waals surface area contributed by atoms with Gasteiger partial charge in [0.05, 0.1) is 12.0 Å². The van der Waals surface area contributed by atoms with E-state index in [1.165, 1.54) is 0 Å². The summed E-state index contributed by atoms with van der Waals surface area (Å²) < 4.78 is 7.23. The fraction of sp³-hybridized carbons (Fsp3) is 0.348. The maximum absolute atomic E-state index is 13.2. The van der Waals surface area contributed by atoms with Crippen molar-refractivity contribution in [2.75, 3.05) is 13.1 Å². The molecule has 0 radical (unpaired) electrons. The van der Waals surface area contributed by atoms with Crippen LogP contribution in [-0.2, 0) is 4.79 Å². The molecule has 0 bridgehead atoms. The van der Waals surface area contributed by atoms with Gasteiger partial charge < -0.3 is 14.6 Å². The molecule has 0 aliphatic carbocycles. The summed E-state index contributed by atoms with van der Waals surface area (Å²) in [5, 5.41) is 8.11. The van der Waals surface area contributed by atoms with Gasteiger partial charge >= 0.3 is 0 Å². The minimum Gasteiger partial charge on any atom is -0.463 e. The van der Waals surface area contributed by atoms with E-state index in [2.05, 4.69) is 10.4 Å². The number of nitrogens with one attached hydrogen (secondary N) is 1. The topological polar surface area (TPSA) is 80.4 Å². The number of nitrogens with zero attached hydrogens (tertiary/aromatic N) is 3. The smallest absolute Gasteiger partial charge is 0.274 e. The van der Waals surface area contributed by atoms with Gasteiger partial charge in [0.25, 0.3) is 5.91 Å². The molecule has 3 heterocycles. The van der Waals surface area contributed by atoms with Crippen molar-refractivity contribution in [2.45, 2.75) is 32.7 Å². The zero-order chi connectivity index (χ0) is 22.0. The van der Waals surface area contributed by atoms with Crippen LogP contribution in [0.1, 0.15) is 37.2 Å². The standard InChI is InChI=1S/C23H25ClN4O3/c1-15(2)25-22(29)16-8-10-27(11-9-16)23(30)19-14-20(21-7-4-12-31-21)28(26-19)18-6-3-5-17(24)13-18/h3-7,12-16H,8-11H2,1-2H3,(H,25,29). The second-order valence-electron chi connectivity index (χ2n) is 8.01. The first-order valence-corrected chi connectivity index (χ1v) is 10.8. The molecule has 1 aliphatic rings. The van der Waals surface area contributed by atoms with Gasteiger partial charge in [-0.15, -0.1) is 0 Å². The van der Waals surface area contributed by atoms with Crippen molar-refractivity contribution in [3.8, 4) is 17.1 Å². The summed E-state index contributed by atoms with van der Waals surface area (Å²) in [5.74, 6) is 0.452. The normalized spacial score (nSPS) is 14.8. The lowest BCUT2D eigenvalue weighted by atomic mass is 9.95. The molecule has 3 aromatic rings. The molecule has 2 amide bonds. The second kappa shape index (κ2) is 8.98. The minimum absolute atomic E-state index is 0.0610. The number of rotatable bonds is 5. The average Bonchev–Trinajstić information content (AvgIpc) is 3.43. The van der Waals surface area contributed by atoms with E-state index in [0.717, 1.165) is 5.69 Å². The molecule has 162 valence electrons. The van der Waals surface area contributed by atoms with Crippen molar-refractivity contribution < 1.29 is 14.0 Å². The monoisotopic (exact) mass is 440 g/mol. The fourth-order valence-electron chi connectivity index (χ4n) is 3.80. The van der Waals surface area contributed by atoms with Crippen molar-refractivity contribution in [1.82, 2.24) is 20.0 Å². The Hall–Kier alpha value is -3.06. The lowest BCUT2D eigenvalue weighted by Gasteiger charge is -2.31. The number of carbonyl (C=O) groups excluding carboxylic acids is 2. The minimum atomic E-state index is -0.156. The Labute approximate surface area is 186 Å². The van der Waals surface area contributed by atoms with E-state index in [9.17, 15) is 9.59 Å². The average molecular weight is 441 g/mol. The number of halogens is 1. The Morgan fingerprint density at radius 1 is 1.16 bits per heavy atom. The summed E-state index contributed by atoms with van der Waals surface area (Å²) in [6.07, 6.45) is 2.87. The molecule has 31 heavy (non-hydrogen) atoms. The van der Waals surface area contributed by atoms with Gasteiger partial charge in [0.2, 0.25) is 5.91 Å². The number of hydrogen-bond acceptors (Lipinski definition) is 4. The molecule has 8 heteroatoms. The number of piperidine rings is 1. The molecule has 1 fully saturated rings. The number of likely N-dealkylation sites (tertiary alicyclic amines) is 1. The Bertz CT molecular complexity index is 1070. The number of furan rings is 1. The van der Waals surface area contributed by atoms with Gasteiger partial charge in [0, 0.05) is 36.1 Å². The number of benzene rings is 1. The maximum atomic E-state index is 13.2. The summed E-state index contributed by atoms with van der Waals surface area (Å²) in [6, 6.07) is 12.7. The fourth-order valence-corrected chi connectivity index (χ4v) is 3.98. The first-order valence-electron chi connectivity index (χ1n) is 10.4. The third-order valence-electron chi connectivity index (χ3n) is 5.34. The first kappa shape index (κ1) is 21.2. The van der Waals surface area contributed by atoms with E-state index in [1.807, 2.05) is 32.0 Å². The predicted octanol–water partition coefficient (Wildman–Crippen LogP) is 4.16. The third-order valence-corrected chi connectivity index (χ3v) is 5.57. The molecular weight excluding hydrogens is 416 g/mol. The predicted molar refractivity (Wildman–Crippen MR) is 118 cm³/mol. The Morgan fingerprint density at radius 2 is 1.94 bits per heavy atom. The molecule has 4 rings (SSSR count). The molecular formula is C23H25ClN4O3. The van der Waals surface area contributed by atoms with E-state index in [4.69, 9.17) is 16.0 Å². The van der Waals surface area contributed by atoms with E-state index < -0.39 is 0 Å². The van der Waals surface area contributed by atoms with Crippen LogP contribution in [0.25, 0.3) is 17.1 Å². The van der Waals surface area contributed by atoms with Gasteiger partial charge in [0.1, 0.15) is 5.69 Å². The van der Waals surface area contributed by atoms with E-state index in [1.54, 1.807) is 40.1 Å². The highest BCUT2D eigenvalue weighted by molar-refractivity contribution is 6.30. The van der Waals surface area contributed by atoms with Crippen molar-refractivity contribution >= 4 is 23.4 Å². The summed E-state index contributed by atoms with van der Waals surface area (Å²) in [5.41, 5.74) is 1.74. The highest BCUT2D eigenvalue weighted by Gasteiger charge is 2.30. The molecule has 7 nitrogen and oxygen atoms in total. The van der Waals surface area contributed by atoms with Crippen LogP contribution < -0.4 is 5.32 Å². The highest BCUT2D eigenvalue weighted by atomic mass is 35.5. The lowest BCUT2D eigenvalue weighted by Crippen LogP contribution is -2.44. The third kappa shape index (κ3) is 4.66. The van der Waals surface area contributed by atoms with Gasteiger partial charge in [-0.3, -0.25) is 9.59 Å². The van der Waals surface area contributed by atoms with Crippen LogP contribution in [0.2, 0.25) is 5.02 Å². The van der Waals surface area contributed by atoms with Crippen LogP contribution in [0, 0.1) is 5.92 Å². The molecule has 1 aromatic carbocycles. The van der Waals surface area contributed by atoms with Crippen LogP contribution in [0.15, 0.2) is 53.1 Å². The van der Waals surface area contributed by atoms with Gasteiger partial charge in [-0.05, 0) is 57.0 Å². The number of hydrogen-bond donors (Lipinski definition) is 1. The van der Waals surface area contributed by atoms with E-state index in [-0.39, 0.29) is 23.8 Å². The summed E-state index contributed by atoms with van der Waals surface area (Å²) >= 11 is 6.16. The molecule has 0 atom stereocenters. The Balaban J connectivity index is 1.56. The van der Waals surface area contributed by atoms with Crippen LogP contribution >= 0.6 is 11.6 Å². The quantitative estimate of drug-likeness (QED) is 0.645. The van der Waals surface area contributed by atoms with Gasteiger partial charge in [-0.25, -0.2) is 4.68 Å². The first-order chi connectivity index (χ1) is 14.9. The lowest BCUT2D eigenvalue weighted by molar-refractivity contribution is -0.126. The van der Waals surface area contributed by atoms with Gasteiger partial charge in [-0.2, -0.15) is 5.10 Å². The van der Waals surface area contributed by atoms with E-state index in [0.29, 0.717) is 48.1 Å². The molecule has 1 aliphatic heterocycles. The van der Waals surface area contributed by atoms with Gasteiger partial charge in [-0.1, -0.05) is 17.7 Å². The Kier molecular flexibility index (Phi) is 6.13. The molecule has 2 aromatic heterocycles. The van der Waals surface area contributed by atoms with E-state index >= 15 is 0 Å². The van der Waals surface area contributed by atoms with Crippen molar-refractivity contribution in [2.24, 2.45) is 5.92 Å². The highest BCUT2D eigenvalue weighted by Crippen LogP contribution is 2.27. The number of aromatic nitrogens is 2. The number of amides is 2. The molecule has 0 spiro atoms. The zero-order valence-corrected chi connectivity index (χ0v) is 18.3. The van der Waals surface area contributed by atoms with Crippen LogP contribution in [0.4, 0.5) is 0 Å². The largest absolute Gasteiger partial charge is 0.463 e. The maximum Gasteiger partial charge on any atom is 0.274 e. The van der Waals surface area contributed by atoms with Crippen molar-refractivity contribution in [3.63, 3.8) is 0 Å². The Morgan fingerprint density at radius 3 is 2.58 bits per heavy atom. The van der Waals surface area contributed by atoms with Crippen LogP contribution in [0.3, 0.4) is 0 Å². The molecule has 0 unspecified atom stereocenters. The SMILES string of the molecule is CC(C)NC(=O)C1CCN(C(=O)c2cc(-c3ccco3)n(-c3cccc(Cl)c3)n2)CC1. The number of carbonyl (C=O) groups is 2. The van der Waals surface area contributed by atoms with Gasteiger partial charge in [0.15, 0.2) is 11.5 Å².